The van der Waals surface area contributed by atoms with Gasteiger partial charge in [-0.05, 0) is 51.8 Å². The highest BCUT2D eigenvalue weighted by atomic mass is 79.9. The highest BCUT2D eigenvalue weighted by molar-refractivity contribution is 9.10. The van der Waals surface area contributed by atoms with Crippen molar-refractivity contribution in [2.45, 2.75) is 12.5 Å². The number of carbonyl (C=O) groups is 2. The van der Waals surface area contributed by atoms with Gasteiger partial charge in [0.25, 0.3) is 0 Å². The molecule has 0 aliphatic heterocycles. The van der Waals surface area contributed by atoms with Crippen LogP contribution in [0, 0.1) is 5.82 Å². The average molecular weight is 437 g/mol. The SMILES string of the molecule is O=C(/C=C/c1cc(Br)cs1)NC(Cc1c[nH]c2cc(F)ccc12)C(=O)O. The number of aromatic amines is 1. The van der Waals surface area contributed by atoms with E-state index in [0.717, 1.165) is 14.7 Å². The van der Waals surface area contributed by atoms with Crippen molar-refractivity contribution in [3.8, 4) is 0 Å². The molecule has 3 aromatic rings. The summed E-state index contributed by atoms with van der Waals surface area (Å²) in [5.74, 6) is -2.01. The number of fused-ring (bicyclic) bond motifs is 1. The van der Waals surface area contributed by atoms with Gasteiger partial charge in [0.1, 0.15) is 11.9 Å². The van der Waals surface area contributed by atoms with E-state index in [1.165, 1.54) is 29.5 Å². The number of amides is 1. The first-order valence-corrected chi connectivity index (χ1v) is 9.30. The van der Waals surface area contributed by atoms with Gasteiger partial charge in [-0.15, -0.1) is 11.3 Å². The standard InChI is InChI=1S/C18H14BrFN2O3S/c19-11-6-13(26-9-11)2-4-17(23)22-16(18(24)25)5-10-8-21-15-7-12(20)1-3-14(10)15/h1-4,6-9,16,21H,5H2,(H,22,23)(H,24,25)/b4-2+. The van der Waals surface area contributed by atoms with Crippen molar-refractivity contribution in [1.82, 2.24) is 10.3 Å². The highest BCUT2D eigenvalue weighted by Crippen LogP contribution is 2.22. The third kappa shape index (κ3) is 4.39. The molecule has 0 spiro atoms. The van der Waals surface area contributed by atoms with Crippen LogP contribution in [0.5, 0.6) is 0 Å². The number of aromatic nitrogens is 1. The van der Waals surface area contributed by atoms with Crippen LogP contribution in [-0.4, -0.2) is 28.0 Å². The molecule has 1 aromatic carbocycles. The predicted octanol–water partition coefficient (Wildman–Crippen LogP) is 3.96. The molecule has 0 aliphatic carbocycles. The maximum Gasteiger partial charge on any atom is 0.326 e. The van der Waals surface area contributed by atoms with E-state index in [4.69, 9.17) is 0 Å². The molecule has 2 aromatic heterocycles. The van der Waals surface area contributed by atoms with E-state index in [2.05, 4.69) is 26.2 Å². The summed E-state index contributed by atoms with van der Waals surface area (Å²) >= 11 is 4.79. The summed E-state index contributed by atoms with van der Waals surface area (Å²) in [6.45, 7) is 0. The molecular formula is C18H14BrFN2O3S. The van der Waals surface area contributed by atoms with Crippen LogP contribution in [0.3, 0.4) is 0 Å². The van der Waals surface area contributed by atoms with Crippen LogP contribution in [0.15, 0.2) is 46.4 Å². The van der Waals surface area contributed by atoms with Gasteiger partial charge in [0.2, 0.25) is 5.91 Å². The predicted molar refractivity (Wildman–Crippen MR) is 103 cm³/mol. The molecule has 3 rings (SSSR count). The van der Waals surface area contributed by atoms with Crippen LogP contribution in [0.25, 0.3) is 17.0 Å². The molecule has 0 saturated heterocycles. The monoisotopic (exact) mass is 436 g/mol. The minimum absolute atomic E-state index is 0.0884. The quantitative estimate of drug-likeness (QED) is 0.511. The molecule has 0 saturated carbocycles. The maximum absolute atomic E-state index is 13.3. The molecule has 0 bridgehead atoms. The molecule has 26 heavy (non-hydrogen) atoms. The lowest BCUT2D eigenvalue weighted by Crippen LogP contribution is -2.41. The Morgan fingerprint density at radius 3 is 2.88 bits per heavy atom. The number of thiophene rings is 1. The second-order valence-corrected chi connectivity index (χ2v) is 7.47. The number of hydrogen-bond acceptors (Lipinski definition) is 3. The molecule has 1 atom stereocenters. The van der Waals surface area contributed by atoms with Crippen LogP contribution in [0.2, 0.25) is 0 Å². The fraction of sp³-hybridized carbons (Fsp3) is 0.111. The molecule has 3 N–H and O–H groups in total. The smallest absolute Gasteiger partial charge is 0.326 e. The van der Waals surface area contributed by atoms with E-state index in [9.17, 15) is 19.1 Å². The number of carboxylic acids is 1. The van der Waals surface area contributed by atoms with Crippen molar-refractivity contribution < 1.29 is 19.1 Å². The number of H-pyrrole nitrogens is 1. The largest absolute Gasteiger partial charge is 0.480 e. The van der Waals surface area contributed by atoms with Crippen LogP contribution in [0.1, 0.15) is 10.4 Å². The van der Waals surface area contributed by atoms with Crippen molar-refractivity contribution in [3.05, 3.63) is 62.6 Å². The summed E-state index contributed by atoms with van der Waals surface area (Å²) in [7, 11) is 0. The second-order valence-electron chi connectivity index (χ2n) is 5.61. The molecule has 134 valence electrons. The van der Waals surface area contributed by atoms with E-state index in [-0.39, 0.29) is 12.2 Å². The van der Waals surface area contributed by atoms with Crippen molar-refractivity contribution >= 4 is 56.1 Å². The van der Waals surface area contributed by atoms with Crippen molar-refractivity contribution in [2.24, 2.45) is 0 Å². The number of carboxylic acid groups (broad SMARTS) is 1. The first-order valence-electron chi connectivity index (χ1n) is 7.63. The summed E-state index contributed by atoms with van der Waals surface area (Å²) < 4.78 is 14.2. The maximum atomic E-state index is 13.3. The Bertz CT molecular complexity index is 995. The van der Waals surface area contributed by atoms with E-state index in [1.807, 2.05) is 11.4 Å². The Balaban J connectivity index is 1.71. The third-order valence-corrected chi connectivity index (χ3v) is 5.41. The van der Waals surface area contributed by atoms with Gasteiger partial charge in [-0.25, -0.2) is 9.18 Å². The lowest BCUT2D eigenvalue weighted by molar-refractivity contribution is -0.141. The minimum Gasteiger partial charge on any atom is -0.480 e. The zero-order valence-electron chi connectivity index (χ0n) is 13.3. The normalized spacial score (nSPS) is 12.5. The first-order chi connectivity index (χ1) is 12.4. The Hall–Kier alpha value is -2.45. The zero-order chi connectivity index (χ0) is 18.7. The number of hydrogen-bond donors (Lipinski definition) is 3. The van der Waals surface area contributed by atoms with Crippen LogP contribution in [-0.2, 0) is 16.0 Å². The van der Waals surface area contributed by atoms with Gasteiger partial charge in [-0.2, -0.15) is 0 Å². The molecule has 0 aliphatic rings. The van der Waals surface area contributed by atoms with Gasteiger partial charge < -0.3 is 15.4 Å². The fourth-order valence-electron chi connectivity index (χ4n) is 2.54. The summed E-state index contributed by atoms with van der Waals surface area (Å²) in [4.78, 5) is 27.4. The average Bonchev–Trinajstić information content (AvgIpc) is 3.18. The van der Waals surface area contributed by atoms with Gasteiger partial charge in [0.05, 0.1) is 0 Å². The molecule has 1 amide bonds. The van der Waals surface area contributed by atoms with E-state index in [1.54, 1.807) is 18.3 Å². The number of benzene rings is 1. The van der Waals surface area contributed by atoms with Gasteiger partial charge in [0.15, 0.2) is 0 Å². The first kappa shape index (κ1) is 18.3. The van der Waals surface area contributed by atoms with Crippen LogP contribution in [0.4, 0.5) is 4.39 Å². The Morgan fingerprint density at radius 1 is 1.38 bits per heavy atom. The Kier molecular flexibility index (Phi) is 5.53. The summed E-state index contributed by atoms with van der Waals surface area (Å²) in [6, 6.07) is 5.01. The topological polar surface area (TPSA) is 82.2 Å². The number of nitrogens with one attached hydrogen (secondary N) is 2. The number of halogens is 2. The molecule has 5 nitrogen and oxygen atoms in total. The number of rotatable bonds is 6. The van der Waals surface area contributed by atoms with Gasteiger partial charge >= 0.3 is 5.97 Å². The fourth-order valence-corrected chi connectivity index (χ4v) is 3.88. The minimum atomic E-state index is -1.14. The lowest BCUT2D eigenvalue weighted by atomic mass is 10.0. The third-order valence-electron chi connectivity index (χ3n) is 3.75. The van der Waals surface area contributed by atoms with E-state index < -0.39 is 17.9 Å². The Labute approximate surface area is 160 Å². The van der Waals surface area contributed by atoms with Gasteiger partial charge in [-0.3, -0.25) is 4.79 Å². The van der Waals surface area contributed by atoms with E-state index in [0.29, 0.717) is 11.1 Å². The molecule has 8 heteroatoms. The van der Waals surface area contributed by atoms with Crippen molar-refractivity contribution in [2.75, 3.05) is 0 Å². The van der Waals surface area contributed by atoms with Crippen LogP contribution < -0.4 is 5.32 Å². The molecule has 0 fully saturated rings. The Morgan fingerprint density at radius 2 is 2.19 bits per heavy atom. The molecule has 2 heterocycles. The highest BCUT2D eigenvalue weighted by Gasteiger charge is 2.21. The van der Waals surface area contributed by atoms with E-state index >= 15 is 0 Å². The summed E-state index contributed by atoms with van der Waals surface area (Å²) in [5, 5.41) is 14.5. The lowest BCUT2D eigenvalue weighted by Gasteiger charge is -2.12. The molecule has 1 unspecified atom stereocenters. The molecule has 0 radical (unpaired) electrons. The molecular weight excluding hydrogens is 423 g/mol. The van der Waals surface area contributed by atoms with Gasteiger partial charge in [0, 0.05) is 44.3 Å². The van der Waals surface area contributed by atoms with Crippen LogP contribution >= 0.6 is 27.3 Å². The second kappa shape index (κ2) is 7.84. The summed E-state index contributed by atoms with van der Waals surface area (Å²) in [6.07, 6.45) is 4.65. The van der Waals surface area contributed by atoms with Crippen molar-refractivity contribution in [1.29, 1.82) is 0 Å². The van der Waals surface area contributed by atoms with Crippen molar-refractivity contribution in [3.63, 3.8) is 0 Å². The number of aliphatic carboxylic acids is 1. The zero-order valence-corrected chi connectivity index (χ0v) is 15.7. The number of carbonyl (C=O) groups excluding carboxylic acids is 1. The van der Waals surface area contributed by atoms with Gasteiger partial charge in [-0.1, -0.05) is 0 Å². The summed E-state index contributed by atoms with van der Waals surface area (Å²) in [5.41, 5.74) is 1.28.